The van der Waals surface area contributed by atoms with Crippen molar-refractivity contribution in [3.63, 3.8) is 0 Å². The fourth-order valence-electron chi connectivity index (χ4n) is 5.86. The molecule has 2 aliphatic rings. The van der Waals surface area contributed by atoms with E-state index in [1.807, 2.05) is 18.2 Å². The minimum absolute atomic E-state index is 0. The van der Waals surface area contributed by atoms with Crippen LogP contribution < -0.4 is 5.32 Å². The van der Waals surface area contributed by atoms with Crippen molar-refractivity contribution in [2.75, 3.05) is 20.1 Å². The topological polar surface area (TPSA) is 81.7 Å². The third-order valence-electron chi connectivity index (χ3n) is 7.26. The molecule has 6 nitrogen and oxygen atoms in total. The first kappa shape index (κ1) is 23.5. The lowest BCUT2D eigenvalue weighted by Gasteiger charge is -2.45. The molecule has 1 aromatic carbocycles. The summed E-state index contributed by atoms with van der Waals surface area (Å²) in [5.41, 5.74) is 5.29. The number of aromatic nitrogens is 2. The first-order valence-corrected chi connectivity index (χ1v) is 12.0. The standard InChI is InChI=1S/C27H34N4O.H2O/c1-18(2)15-31-17-19-14-25-23(22-8-6-9-24(31)26(19)22)13-20(16-30(25)3)27(32)29-12-10-21-7-4-5-11-28-21;/h4-9,11,17-18,20,23,25H,10,12-16H2,1-3H3,(H,29,32);1H2/t20-,23-,25-;/m1./s1. The maximum atomic E-state index is 13.1. The molecule has 3 heterocycles. The predicted octanol–water partition coefficient (Wildman–Crippen LogP) is 3.19. The van der Waals surface area contributed by atoms with Gasteiger partial charge in [-0.1, -0.05) is 32.0 Å². The van der Waals surface area contributed by atoms with Crippen molar-refractivity contribution in [1.82, 2.24) is 19.8 Å². The van der Waals surface area contributed by atoms with E-state index in [2.05, 4.69) is 65.1 Å². The quantitative estimate of drug-likeness (QED) is 0.629. The summed E-state index contributed by atoms with van der Waals surface area (Å²) in [5, 5.41) is 4.62. The van der Waals surface area contributed by atoms with Gasteiger partial charge in [0, 0.05) is 67.0 Å². The number of hydrogen-bond acceptors (Lipinski definition) is 3. The molecule has 1 fully saturated rings. The molecule has 33 heavy (non-hydrogen) atoms. The molecule has 0 spiro atoms. The number of piperidine rings is 1. The van der Waals surface area contributed by atoms with Crippen LogP contribution in [-0.4, -0.2) is 52.0 Å². The number of nitrogens with zero attached hydrogens (tertiary/aromatic N) is 3. The normalized spacial score (nSPS) is 22.1. The van der Waals surface area contributed by atoms with Crippen LogP contribution in [0.1, 0.15) is 43.0 Å². The molecule has 1 aliphatic heterocycles. The summed E-state index contributed by atoms with van der Waals surface area (Å²) in [4.78, 5) is 19.8. The number of fused-ring (bicyclic) bond motifs is 2. The first-order chi connectivity index (χ1) is 15.5. The lowest BCUT2D eigenvalue weighted by molar-refractivity contribution is -0.127. The van der Waals surface area contributed by atoms with E-state index in [1.165, 1.54) is 22.0 Å². The third-order valence-corrected chi connectivity index (χ3v) is 7.26. The van der Waals surface area contributed by atoms with E-state index in [0.29, 0.717) is 24.4 Å². The van der Waals surface area contributed by atoms with Gasteiger partial charge < -0.3 is 20.3 Å². The monoisotopic (exact) mass is 448 g/mol. The number of hydrogen-bond donors (Lipinski definition) is 1. The Bertz CT molecular complexity index is 1110. The van der Waals surface area contributed by atoms with Crippen molar-refractivity contribution in [2.45, 2.75) is 51.6 Å². The molecule has 3 aromatic rings. The minimum Gasteiger partial charge on any atom is -0.412 e. The average Bonchev–Trinajstić information content (AvgIpc) is 3.13. The highest BCUT2D eigenvalue weighted by atomic mass is 16.1. The van der Waals surface area contributed by atoms with Crippen molar-refractivity contribution in [3.8, 4) is 0 Å². The molecule has 0 unspecified atom stereocenters. The summed E-state index contributed by atoms with van der Waals surface area (Å²) in [5.74, 6) is 1.24. The zero-order valence-electron chi connectivity index (χ0n) is 19.9. The number of likely N-dealkylation sites (N-methyl/N-ethyl adjacent to an activating group) is 1. The van der Waals surface area contributed by atoms with Crippen molar-refractivity contribution in [1.29, 1.82) is 0 Å². The van der Waals surface area contributed by atoms with Gasteiger partial charge in [-0.05, 0) is 55.1 Å². The minimum atomic E-state index is 0. The molecule has 1 saturated heterocycles. The first-order valence-electron chi connectivity index (χ1n) is 12.0. The maximum Gasteiger partial charge on any atom is 0.224 e. The highest BCUT2D eigenvalue weighted by Crippen LogP contribution is 2.45. The molecule has 5 rings (SSSR count). The van der Waals surface area contributed by atoms with Crippen molar-refractivity contribution < 1.29 is 10.3 Å². The van der Waals surface area contributed by atoms with Gasteiger partial charge in [-0.3, -0.25) is 9.78 Å². The molecule has 0 bridgehead atoms. The Hall–Kier alpha value is -2.70. The van der Waals surface area contributed by atoms with Gasteiger partial charge in [0.1, 0.15) is 0 Å². The zero-order valence-corrected chi connectivity index (χ0v) is 19.9. The Morgan fingerprint density at radius 3 is 2.82 bits per heavy atom. The van der Waals surface area contributed by atoms with Crippen LogP contribution in [0.15, 0.2) is 48.8 Å². The van der Waals surface area contributed by atoms with Crippen LogP contribution in [0, 0.1) is 11.8 Å². The SMILES string of the molecule is CC(C)Cn1cc2c3c(cccc31)[C@H]1C[C@@H](C(=O)NCCc3ccccn3)CN(C)[C@@H]1C2.O. The summed E-state index contributed by atoms with van der Waals surface area (Å²) in [7, 11) is 2.20. The molecule has 1 aliphatic carbocycles. The molecule has 3 N–H and O–H groups in total. The van der Waals surface area contributed by atoms with Crippen LogP contribution in [0.25, 0.3) is 10.9 Å². The Balaban J connectivity index is 0.00000259. The largest absolute Gasteiger partial charge is 0.412 e. The highest BCUT2D eigenvalue weighted by Gasteiger charge is 2.41. The third kappa shape index (κ3) is 4.55. The van der Waals surface area contributed by atoms with Gasteiger partial charge in [-0.25, -0.2) is 0 Å². The zero-order chi connectivity index (χ0) is 22.2. The Kier molecular flexibility index (Phi) is 6.86. The Morgan fingerprint density at radius 2 is 2.06 bits per heavy atom. The second-order valence-electron chi connectivity index (χ2n) is 10.1. The van der Waals surface area contributed by atoms with E-state index < -0.39 is 0 Å². The van der Waals surface area contributed by atoms with Crippen molar-refractivity contribution in [2.24, 2.45) is 11.8 Å². The van der Waals surface area contributed by atoms with Gasteiger partial charge in [-0.2, -0.15) is 0 Å². The summed E-state index contributed by atoms with van der Waals surface area (Å²) >= 11 is 0. The molecule has 176 valence electrons. The number of amides is 1. The smallest absolute Gasteiger partial charge is 0.224 e. The number of benzene rings is 1. The summed E-state index contributed by atoms with van der Waals surface area (Å²) in [6.45, 7) is 7.07. The van der Waals surface area contributed by atoms with Gasteiger partial charge in [0.05, 0.1) is 5.92 Å². The fourth-order valence-corrected chi connectivity index (χ4v) is 5.86. The predicted molar refractivity (Wildman–Crippen MR) is 132 cm³/mol. The van der Waals surface area contributed by atoms with E-state index in [1.54, 1.807) is 6.20 Å². The van der Waals surface area contributed by atoms with Crippen molar-refractivity contribution >= 4 is 16.8 Å². The number of carbonyl (C=O) groups is 1. The number of likely N-dealkylation sites (tertiary alicyclic amines) is 1. The Morgan fingerprint density at radius 1 is 1.21 bits per heavy atom. The maximum absolute atomic E-state index is 13.1. The van der Waals surface area contributed by atoms with Crippen LogP contribution in [-0.2, 0) is 24.2 Å². The molecular formula is C27H36N4O2. The summed E-state index contributed by atoms with van der Waals surface area (Å²) < 4.78 is 2.44. The van der Waals surface area contributed by atoms with Crippen molar-refractivity contribution in [3.05, 3.63) is 65.6 Å². The van der Waals surface area contributed by atoms with Gasteiger partial charge in [-0.15, -0.1) is 0 Å². The second-order valence-corrected chi connectivity index (χ2v) is 10.1. The number of nitrogens with one attached hydrogen (secondary N) is 1. The summed E-state index contributed by atoms with van der Waals surface area (Å²) in [6, 6.07) is 13.2. The molecule has 1 amide bonds. The molecular weight excluding hydrogens is 412 g/mol. The second kappa shape index (κ2) is 9.65. The molecule has 6 heteroatoms. The van der Waals surface area contributed by atoms with Crippen LogP contribution in [0.3, 0.4) is 0 Å². The van der Waals surface area contributed by atoms with Gasteiger partial charge in [0.2, 0.25) is 5.91 Å². The van der Waals surface area contributed by atoms with Gasteiger partial charge in [0.15, 0.2) is 0 Å². The van der Waals surface area contributed by atoms with Crippen LogP contribution in [0.5, 0.6) is 0 Å². The molecule has 0 radical (unpaired) electrons. The lowest BCUT2D eigenvalue weighted by Crippen LogP contribution is -2.51. The van der Waals surface area contributed by atoms with E-state index >= 15 is 0 Å². The van der Waals surface area contributed by atoms with Crippen LogP contribution >= 0.6 is 0 Å². The number of rotatable bonds is 6. The Labute approximate surface area is 196 Å². The number of pyridine rings is 1. The van der Waals surface area contributed by atoms with E-state index in [-0.39, 0.29) is 17.3 Å². The van der Waals surface area contributed by atoms with E-state index in [9.17, 15) is 4.79 Å². The molecule has 3 atom stereocenters. The van der Waals surface area contributed by atoms with Gasteiger partial charge >= 0.3 is 0 Å². The highest BCUT2D eigenvalue weighted by molar-refractivity contribution is 5.89. The lowest BCUT2D eigenvalue weighted by atomic mass is 9.72. The van der Waals surface area contributed by atoms with E-state index in [0.717, 1.165) is 38.0 Å². The van der Waals surface area contributed by atoms with E-state index in [4.69, 9.17) is 0 Å². The molecule has 0 saturated carbocycles. The summed E-state index contributed by atoms with van der Waals surface area (Å²) in [6.07, 6.45) is 6.97. The molecule has 2 aromatic heterocycles. The van der Waals surface area contributed by atoms with Gasteiger partial charge in [0.25, 0.3) is 0 Å². The van der Waals surface area contributed by atoms with Crippen LogP contribution in [0.4, 0.5) is 0 Å². The van der Waals surface area contributed by atoms with Crippen LogP contribution in [0.2, 0.25) is 0 Å². The average molecular weight is 449 g/mol. The fraction of sp³-hybridized carbons (Fsp3) is 0.481. The number of carbonyl (C=O) groups excluding carboxylic acids is 1.